The molecular formula is C11H10N2O3S. The number of hydrogen-bond donors (Lipinski definition) is 1. The molecule has 0 amide bonds. The summed E-state index contributed by atoms with van der Waals surface area (Å²) in [7, 11) is 0. The summed E-state index contributed by atoms with van der Waals surface area (Å²) in [5, 5.41) is 8.86. The van der Waals surface area contributed by atoms with Gasteiger partial charge < -0.3 is 9.84 Å². The molecule has 0 unspecified atom stereocenters. The van der Waals surface area contributed by atoms with Crippen LogP contribution in [0.4, 0.5) is 0 Å². The van der Waals surface area contributed by atoms with Gasteiger partial charge in [0.2, 0.25) is 5.01 Å². The monoisotopic (exact) mass is 250 g/mol. The first-order valence-electron chi connectivity index (χ1n) is 4.98. The van der Waals surface area contributed by atoms with Gasteiger partial charge in [0.15, 0.2) is 0 Å². The lowest BCUT2D eigenvalue weighted by molar-refractivity contribution is 0.0696. The molecule has 6 heteroatoms. The van der Waals surface area contributed by atoms with E-state index in [1.165, 1.54) is 6.20 Å². The highest BCUT2D eigenvalue weighted by molar-refractivity contribution is 7.16. The Morgan fingerprint density at radius 1 is 1.47 bits per heavy atom. The number of rotatable bonds is 4. The molecule has 0 fully saturated rings. The van der Waals surface area contributed by atoms with E-state index in [0.717, 1.165) is 21.8 Å². The lowest BCUT2D eigenvalue weighted by atomic mass is 10.2. The van der Waals surface area contributed by atoms with Gasteiger partial charge in [-0.2, -0.15) is 0 Å². The van der Waals surface area contributed by atoms with Crippen molar-refractivity contribution in [3.63, 3.8) is 0 Å². The van der Waals surface area contributed by atoms with Gasteiger partial charge in [0.05, 0.1) is 17.7 Å². The van der Waals surface area contributed by atoms with Crippen molar-refractivity contribution in [3.05, 3.63) is 29.7 Å². The number of aromatic carboxylic acids is 1. The maximum Gasteiger partial charge on any atom is 0.365 e. The van der Waals surface area contributed by atoms with Crippen LogP contribution in [-0.4, -0.2) is 27.7 Å². The molecule has 2 heterocycles. The van der Waals surface area contributed by atoms with Gasteiger partial charge >= 0.3 is 5.97 Å². The molecule has 0 spiro atoms. The summed E-state index contributed by atoms with van der Waals surface area (Å²) >= 11 is 1.11. The van der Waals surface area contributed by atoms with E-state index in [9.17, 15) is 4.79 Å². The number of carboxylic acids is 1. The van der Waals surface area contributed by atoms with Crippen molar-refractivity contribution < 1.29 is 14.6 Å². The minimum absolute atomic E-state index is 0.0711. The molecule has 5 nitrogen and oxygen atoms in total. The van der Waals surface area contributed by atoms with Crippen LogP contribution in [0.3, 0.4) is 0 Å². The molecule has 2 aromatic heterocycles. The molecule has 0 aliphatic heterocycles. The number of aromatic nitrogens is 2. The number of thiazole rings is 1. The van der Waals surface area contributed by atoms with E-state index in [0.29, 0.717) is 12.4 Å². The molecule has 0 aliphatic rings. The predicted octanol–water partition coefficient (Wildman–Crippen LogP) is 2.30. The van der Waals surface area contributed by atoms with Crippen LogP contribution in [0, 0.1) is 0 Å². The Labute approximate surface area is 102 Å². The average molecular weight is 250 g/mol. The van der Waals surface area contributed by atoms with Crippen LogP contribution in [0.15, 0.2) is 24.7 Å². The van der Waals surface area contributed by atoms with Gasteiger partial charge in [-0.3, -0.25) is 4.98 Å². The zero-order valence-electron chi connectivity index (χ0n) is 9.08. The molecule has 0 aromatic carbocycles. The van der Waals surface area contributed by atoms with Crippen LogP contribution >= 0.6 is 11.3 Å². The standard InChI is InChI=1S/C11H10N2O3S/c1-2-16-8-3-7(4-12-5-8)9-6-13-10(17-9)11(14)15/h3-6H,2H2,1H3,(H,14,15). The average Bonchev–Trinajstić information content (AvgIpc) is 2.79. The normalized spacial score (nSPS) is 10.2. The number of hydrogen-bond acceptors (Lipinski definition) is 5. The Bertz CT molecular complexity index is 539. The van der Waals surface area contributed by atoms with Gasteiger partial charge in [0.1, 0.15) is 5.75 Å². The molecule has 1 N–H and O–H groups in total. The predicted molar refractivity (Wildman–Crippen MR) is 63.5 cm³/mol. The van der Waals surface area contributed by atoms with Crippen molar-refractivity contribution in [2.45, 2.75) is 6.92 Å². The molecule has 0 atom stereocenters. The van der Waals surface area contributed by atoms with E-state index < -0.39 is 5.97 Å². The van der Waals surface area contributed by atoms with E-state index in [2.05, 4.69) is 9.97 Å². The second-order valence-electron chi connectivity index (χ2n) is 3.18. The first kappa shape index (κ1) is 11.5. The number of pyridine rings is 1. The van der Waals surface area contributed by atoms with Crippen molar-refractivity contribution in [3.8, 4) is 16.2 Å². The summed E-state index contributed by atoms with van der Waals surface area (Å²) in [5.41, 5.74) is 0.806. The number of carbonyl (C=O) groups is 1. The lowest BCUT2D eigenvalue weighted by Crippen LogP contribution is -1.92. The summed E-state index contributed by atoms with van der Waals surface area (Å²) in [6.07, 6.45) is 4.80. The topological polar surface area (TPSA) is 72.3 Å². The maximum absolute atomic E-state index is 10.7. The van der Waals surface area contributed by atoms with Crippen molar-refractivity contribution in [2.75, 3.05) is 6.61 Å². The summed E-state index contributed by atoms with van der Waals surface area (Å²) in [6.45, 7) is 2.45. The van der Waals surface area contributed by atoms with Gasteiger partial charge in [-0.15, -0.1) is 11.3 Å². The van der Waals surface area contributed by atoms with E-state index >= 15 is 0 Å². The van der Waals surface area contributed by atoms with Gasteiger partial charge in [-0.25, -0.2) is 9.78 Å². The highest BCUT2D eigenvalue weighted by atomic mass is 32.1. The molecule has 0 radical (unpaired) electrons. The number of carboxylic acid groups (broad SMARTS) is 1. The van der Waals surface area contributed by atoms with E-state index in [1.807, 2.05) is 13.0 Å². The van der Waals surface area contributed by atoms with Crippen LogP contribution in [0.5, 0.6) is 5.75 Å². The quantitative estimate of drug-likeness (QED) is 0.901. The fourth-order valence-corrected chi connectivity index (χ4v) is 2.04. The molecule has 0 saturated carbocycles. The van der Waals surface area contributed by atoms with Crippen molar-refractivity contribution in [1.29, 1.82) is 0 Å². The van der Waals surface area contributed by atoms with E-state index in [4.69, 9.17) is 9.84 Å². The Hall–Kier alpha value is -1.95. The number of ether oxygens (including phenoxy) is 1. The second kappa shape index (κ2) is 4.92. The SMILES string of the molecule is CCOc1cncc(-c2cnc(C(=O)O)s2)c1. The molecule has 2 aromatic rings. The zero-order valence-corrected chi connectivity index (χ0v) is 9.90. The van der Waals surface area contributed by atoms with Gasteiger partial charge in [-0.1, -0.05) is 0 Å². The Kier molecular flexibility index (Phi) is 3.34. The molecular weight excluding hydrogens is 240 g/mol. The first-order chi connectivity index (χ1) is 8.20. The largest absolute Gasteiger partial charge is 0.492 e. The van der Waals surface area contributed by atoms with Gasteiger partial charge in [-0.05, 0) is 13.0 Å². The molecule has 0 bridgehead atoms. The van der Waals surface area contributed by atoms with Crippen LogP contribution in [0.1, 0.15) is 16.7 Å². The van der Waals surface area contributed by atoms with E-state index in [1.54, 1.807) is 12.4 Å². The first-order valence-corrected chi connectivity index (χ1v) is 5.79. The third-order valence-electron chi connectivity index (χ3n) is 2.00. The molecule has 2 rings (SSSR count). The van der Waals surface area contributed by atoms with Crippen molar-refractivity contribution >= 4 is 17.3 Å². The van der Waals surface area contributed by atoms with Gasteiger partial charge in [0, 0.05) is 18.0 Å². The molecule has 0 aliphatic carbocycles. The lowest BCUT2D eigenvalue weighted by Gasteiger charge is -2.03. The fourth-order valence-electron chi connectivity index (χ4n) is 1.31. The van der Waals surface area contributed by atoms with Crippen LogP contribution < -0.4 is 4.74 Å². The summed E-state index contributed by atoms with van der Waals surface area (Å²) in [5.74, 6) is -0.356. The van der Waals surface area contributed by atoms with Crippen LogP contribution in [0.2, 0.25) is 0 Å². The summed E-state index contributed by atoms with van der Waals surface area (Å²) in [4.78, 5) is 19.3. The Morgan fingerprint density at radius 3 is 2.94 bits per heavy atom. The maximum atomic E-state index is 10.7. The van der Waals surface area contributed by atoms with Crippen LogP contribution in [0.25, 0.3) is 10.4 Å². The van der Waals surface area contributed by atoms with Crippen LogP contribution in [-0.2, 0) is 0 Å². The third kappa shape index (κ3) is 2.59. The summed E-state index contributed by atoms with van der Waals surface area (Å²) < 4.78 is 5.33. The molecule has 0 saturated heterocycles. The van der Waals surface area contributed by atoms with Crippen molar-refractivity contribution in [1.82, 2.24) is 9.97 Å². The number of nitrogens with zero attached hydrogens (tertiary/aromatic N) is 2. The minimum atomic E-state index is -1.02. The minimum Gasteiger partial charge on any atom is -0.492 e. The highest BCUT2D eigenvalue weighted by Gasteiger charge is 2.10. The Balaban J connectivity index is 2.31. The third-order valence-corrected chi connectivity index (χ3v) is 3.03. The summed E-state index contributed by atoms with van der Waals surface area (Å²) in [6, 6.07) is 1.82. The highest BCUT2D eigenvalue weighted by Crippen LogP contribution is 2.27. The van der Waals surface area contributed by atoms with E-state index in [-0.39, 0.29) is 5.01 Å². The molecule has 17 heavy (non-hydrogen) atoms. The second-order valence-corrected chi connectivity index (χ2v) is 4.21. The smallest absolute Gasteiger partial charge is 0.365 e. The molecule has 88 valence electrons. The Morgan fingerprint density at radius 2 is 2.29 bits per heavy atom. The van der Waals surface area contributed by atoms with Crippen molar-refractivity contribution in [2.24, 2.45) is 0 Å². The fraction of sp³-hybridized carbons (Fsp3) is 0.182. The zero-order chi connectivity index (χ0) is 12.3. The van der Waals surface area contributed by atoms with Gasteiger partial charge in [0.25, 0.3) is 0 Å².